The van der Waals surface area contributed by atoms with Crippen LogP contribution in [0.3, 0.4) is 0 Å². The summed E-state index contributed by atoms with van der Waals surface area (Å²) in [6, 6.07) is 2.21. The molecule has 8 heteroatoms. The number of benzene rings is 1. The lowest BCUT2D eigenvalue weighted by molar-refractivity contribution is -0.110. The second-order valence-electron chi connectivity index (χ2n) is 30.0. The first-order valence-electron chi connectivity index (χ1n) is 30.4. The summed E-state index contributed by atoms with van der Waals surface area (Å²) < 4.78 is 0. The van der Waals surface area contributed by atoms with Crippen molar-refractivity contribution in [2.75, 3.05) is 0 Å². The van der Waals surface area contributed by atoms with Gasteiger partial charge in [0.05, 0.1) is 27.8 Å². The van der Waals surface area contributed by atoms with Crippen LogP contribution in [0, 0.1) is 80.2 Å². The molecule has 426 valence electrons. The van der Waals surface area contributed by atoms with Crippen LogP contribution in [0.15, 0.2) is 22.8 Å². The van der Waals surface area contributed by atoms with Crippen molar-refractivity contribution >= 4 is 67.9 Å². The number of carbonyl (C=O) groups excluding carboxylic acids is 1. The number of ketones is 1. The molecule has 1 nitrogen and oxygen atoms in total. The van der Waals surface area contributed by atoms with Gasteiger partial charge in [-0.3, -0.25) is 4.79 Å². The summed E-state index contributed by atoms with van der Waals surface area (Å²) >= 11 is 0. The van der Waals surface area contributed by atoms with E-state index in [0.29, 0.717) is 88.8 Å². The third-order valence-electron chi connectivity index (χ3n) is 17.6. The van der Waals surface area contributed by atoms with Gasteiger partial charge in [0.15, 0.2) is 0 Å². The van der Waals surface area contributed by atoms with Crippen molar-refractivity contribution in [3.63, 3.8) is 0 Å². The lowest BCUT2D eigenvalue weighted by Gasteiger charge is -2.38. The van der Waals surface area contributed by atoms with E-state index in [1.807, 2.05) is 0 Å². The van der Waals surface area contributed by atoms with Crippen molar-refractivity contribution in [2.45, 2.75) is 292 Å². The number of hydrogen-bond acceptors (Lipinski definition) is 1. The monoisotopic (exact) mass is 1160 g/mol. The first-order chi connectivity index (χ1) is 35.4. The summed E-state index contributed by atoms with van der Waals surface area (Å²) in [5, 5.41) is 0. The van der Waals surface area contributed by atoms with E-state index in [9.17, 15) is 0 Å². The average molecular weight is 1170 g/mol. The van der Waals surface area contributed by atoms with Crippen molar-refractivity contribution in [1.82, 2.24) is 0 Å². The summed E-state index contributed by atoms with van der Waals surface area (Å²) in [5.41, 5.74) is 39.3. The zero-order chi connectivity index (χ0) is 60.8. The van der Waals surface area contributed by atoms with Gasteiger partial charge in [-0.2, -0.15) is 0 Å². The van der Waals surface area contributed by atoms with E-state index in [2.05, 4.69) is 311 Å². The van der Waals surface area contributed by atoms with Gasteiger partial charge in [-0.15, -0.1) is 38.8 Å². The van der Waals surface area contributed by atoms with Gasteiger partial charge in [-0.1, -0.05) is 267 Å². The van der Waals surface area contributed by atoms with Gasteiger partial charge < -0.3 is 0 Å². The molecule has 1 aliphatic rings. The van der Waals surface area contributed by atoms with Gasteiger partial charge in [0.25, 0.3) is 0 Å². The zero-order valence-corrected chi connectivity index (χ0v) is 63.4. The van der Waals surface area contributed by atoms with Crippen LogP contribution < -0.4 is 0 Å². The minimum absolute atomic E-state index is 0.106. The van der Waals surface area contributed by atoms with Crippen molar-refractivity contribution in [3.8, 4) is 80.2 Å². The third kappa shape index (κ3) is 15.7. The quantitative estimate of drug-likeness (QED) is 0.142. The van der Waals surface area contributed by atoms with Crippen LogP contribution in [0.2, 0.25) is 125 Å². The number of Topliss-reactive ketones (excluding diaryl/α,β-unsaturated/α-hetero) is 1. The number of carbonyl (C=O) groups is 1. The first kappa shape index (κ1) is 70.9. The average Bonchev–Trinajstić information content (AvgIpc) is 3.51. The first-order valence-corrected chi connectivity index (χ1v) is 49.8. The van der Waals surface area contributed by atoms with Gasteiger partial charge in [-0.05, 0) is 72.6 Å². The topological polar surface area (TPSA) is 17.1 Å². The molecule has 0 aliphatic heterocycles. The molecule has 1 aliphatic carbocycles. The van der Waals surface area contributed by atoms with E-state index < -0.39 is 56.5 Å². The fraction of sp³-hybridized carbons (Fsp3) is 0.643. The van der Waals surface area contributed by atoms with Gasteiger partial charge in [0, 0.05) is 22.3 Å². The van der Waals surface area contributed by atoms with E-state index in [1.165, 1.54) is 0 Å². The Morgan fingerprint density at radius 1 is 0.282 bits per heavy atom. The van der Waals surface area contributed by atoms with Crippen LogP contribution in [0.4, 0.5) is 0 Å². The number of hydrogen-bond donors (Lipinski definition) is 0. The van der Waals surface area contributed by atoms with Gasteiger partial charge in [0.1, 0.15) is 56.5 Å². The normalized spacial score (nSPS) is 14.0. The minimum atomic E-state index is -2.37. The van der Waals surface area contributed by atoms with Gasteiger partial charge in [0.2, 0.25) is 5.78 Å². The number of allylic oxidation sites excluding steroid dienone is 4. The highest BCUT2D eigenvalue weighted by Gasteiger charge is 2.46. The smallest absolute Gasteiger partial charge is 0.204 e. The number of rotatable bonds is 13. The SMILES string of the molecule is CC(C)[Si](C#CC1=C(C#C[Si](C)(C)C)C(=O)C(c2cc(C#C[Si](C)(C)C)c(C#C[Si](C(C)C)(C(C)C)C(C)C)c(C#C[Si](C(C)C)(C(C)C)C(C)C)c2C#C[Si](C)(C)C)=C1C#C[Si](C(C)C)(C(C)C)C(C)C)(C(C)C)C(C)C. The van der Waals surface area contributed by atoms with Crippen molar-refractivity contribution in [3.05, 3.63) is 50.6 Å². The van der Waals surface area contributed by atoms with E-state index in [1.54, 1.807) is 0 Å². The Morgan fingerprint density at radius 2 is 0.526 bits per heavy atom. The zero-order valence-electron chi connectivity index (χ0n) is 56.4. The summed E-state index contributed by atoms with van der Waals surface area (Å²) in [7, 11) is -15.4. The lowest BCUT2D eigenvalue weighted by Crippen LogP contribution is -2.43. The minimum Gasteiger partial charge on any atom is -0.288 e. The maximum atomic E-state index is 16.5. The Morgan fingerprint density at radius 3 is 0.833 bits per heavy atom. The molecule has 0 atom stereocenters. The molecule has 0 spiro atoms. The van der Waals surface area contributed by atoms with E-state index in [-0.39, 0.29) is 5.78 Å². The predicted octanol–water partition coefficient (Wildman–Crippen LogP) is 20.2. The molecule has 0 fully saturated rings. The Hall–Kier alpha value is -3.19. The molecule has 0 saturated carbocycles. The highest BCUT2D eigenvalue weighted by molar-refractivity contribution is 6.92. The molecule has 0 heterocycles. The second-order valence-corrected chi connectivity index (χ2v) is 66.6. The summed E-state index contributed by atoms with van der Waals surface area (Å²) in [5.74, 6) is 27.3. The van der Waals surface area contributed by atoms with Crippen LogP contribution in [0.25, 0.3) is 5.57 Å². The van der Waals surface area contributed by atoms with Crippen molar-refractivity contribution in [1.29, 1.82) is 0 Å². The largest absolute Gasteiger partial charge is 0.288 e. The lowest BCUT2D eigenvalue weighted by atomic mass is 9.86. The van der Waals surface area contributed by atoms with E-state index in [4.69, 9.17) is 0 Å². The fourth-order valence-corrected chi connectivity index (χ4v) is 36.1. The molecule has 2 rings (SSSR count). The summed E-state index contributed by atoms with van der Waals surface area (Å²) in [4.78, 5) is 16.5. The van der Waals surface area contributed by atoms with E-state index >= 15 is 4.79 Å². The molecule has 0 saturated heterocycles. The maximum absolute atomic E-state index is 16.5. The third-order valence-corrected chi connectivity index (χ3v) is 45.4. The van der Waals surface area contributed by atoms with Crippen LogP contribution in [-0.2, 0) is 4.79 Å². The highest BCUT2D eigenvalue weighted by atomic mass is 28.3. The molecule has 0 aromatic heterocycles. The van der Waals surface area contributed by atoms with Gasteiger partial charge in [-0.25, -0.2) is 0 Å². The summed E-state index contributed by atoms with van der Waals surface area (Å²) in [6.07, 6.45) is 0. The molecule has 0 N–H and O–H groups in total. The molecule has 0 bridgehead atoms. The molecule has 0 amide bonds. The second kappa shape index (κ2) is 27.3. The van der Waals surface area contributed by atoms with Crippen LogP contribution in [0.1, 0.15) is 194 Å². The highest BCUT2D eigenvalue weighted by Crippen LogP contribution is 2.46. The maximum Gasteiger partial charge on any atom is 0.204 e. The Labute approximate surface area is 491 Å². The van der Waals surface area contributed by atoms with Gasteiger partial charge >= 0.3 is 0 Å². The van der Waals surface area contributed by atoms with E-state index in [0.717, 1.165) is 27.8 Å². The molecule has 78 heavy (non-hydrogen) atoms. The standard InChI is InChI=1S/C70H112OSi7/c1-49(2)75(50(3)4,51(5)6)44-37-62-61(34-41-72(25,26)27)48-68(64(35-42-73(28,29)30)63(62)38-45-76(52(7)8,53(9)10)54(11)12)69-66(40-47-78(58(19)20,59(21)22)60(23)24)65(67(70(69)71)36-43-74(31,32)33)39-46-77(55(13)14,56(15)16)57(17)18/h48-60H,1-33H3. The predicted molar refractivity (Wildman–Crippen MR) is 370 cm³/mol. The Bertz CT molecular complexity index is 2810. The molecule has 0 unspecified atom stereocenters. The van der Waals surface area contributed by atoms with Crippen molar-refractivity contribution < 1.29 is 4.79 Å². The molecular formula is C70H112OSi7. The van der Waals surface area contributed by atoms with Crippen molar-refractivity contribution in [2.24, 2.45) is 0 Å². The Balaban J connectivity index is 4.21. The molecule has 1 aromatic carbocycles. The summed E-state index contributed by atoms with van der Waals surface area (Å²) in [6.45, 7) is 77.6. The van der Waals surface area contributed by atoms with Crippen LogP contribution in [0.5, 0.6) is 0 Å². The molecular weight excluding hydrogens is 1050 g/mol. The fourth-order valence-electron chi connectivity index (χ4n) is 13.8. The Kier molecular flexibility index (Phi) is 24.8. The van der Waals surface area contributed by atoms with Crippen LogP contribution >= 0.6 is 0 Å². The molecule has 0 radical (unpaired) electrons. The molecule has 1 aromatic rings. The van der Waals surface area contributed by atoms with Crippen LogP contribution in [-0.4, -0.2) is 62.3 Å².